The number of aromatic nitrogens is 1. The number of amides is 1. The molecule has 0 fully saturated rings. The number of aliphatic imine (C=N–C) groups is 1. The van der Waals surface area contributed by atoms with Gasteiger partial charge in [-0.1, -0.05) is 18.2 Å². The van der Waals surface area contributed by atoms with E-state index in [1.165, 1.54) is 17.0 Å². The number of hydrogen-bond donors (Lipinski definition) is 1. The van der Waals surface area contributed by atoms with Crippen LogP contribution in [-0.4, -0.2) is 30.6 Å². The maximum atomic E-state index is 14.1. The van der Waals surface area contributed by atoms with Crippen molar-refractivity contribution in [1.82, 2.24) is 4.98 Å². The highest BCUT2D eigenvalue weighted by Gasteiger charge is 2.29. The number of carbonyl (C=O) groups excluding carboxylic acids is 1. The normalized spacial score (nSPS) is 16.2. The molecule has 11 heteroatoms. The van der Waals surface area contributed by atoms with Crippen molar-refractivity contribution < 1.29 is 22.3 Å². The lowest BCUT2D eigenvalue weighted by atomic mass is 10.1. The van der Waals surface area contributed by atoms with E-state index in [0.29, 0.717) is 16.9 Å². The van der Waals surface area contributed by atoms with Crippen LogP contribution >= 0.6 is 0 Å². The van der Waals surface area contributed by atoms with E-state index < -0.39 is 30.4 Å². The molecule has 1 N–H and O–H groups in total. The number of carbonyl (C=O) groups is 1. The maximum absolute atomic E-state index is 14.1. The fraction of sp³-hybridized carbons (Fsp3) is 0.318. The predicted molar refractivity (Wildman–Crippen MR) is 129 cm³/mol. The number of pyridine rings is 1. The number of halogens is 1. The lowest BCUT2D eigenvalue weighted by molar-refractivity contribution is 0.0591. The van der Waals surface area contributed by atoms with Gasteiger partial charge in [-0.05, 0) is 52.8 Å². The molecule has 8 nitrogen and oxygen atoms in total. The zero-order valence-corrected chi connectivity index (χ0v) is 20.5. The molecule has 1 amide bonds. The summed E-state index contributed by atoms with van der Waals surface area (Å²) in [5, 5.41) is 4.60. The zero-order chi connectivity index (χ0) is 24.3. The van der Waals surface area contributed by atoms with Crippen molar-refractivity contribution in [3.8, 4) is 0 Å². The summed E-state index contributed by atoms with van der Waals surface area (Å²) in [6.45, 7) is 8.75. The second kappa shape index (κ2) is 9.84. The maximum Gasteiger partial charge on any atom is 0.421 e. The fourth-order valence-corrected chi connectivity index (χ4v) is 4.66. The third kappa shape index (κ3) is 6.05. The average Bonchev–Trinajstić information content (AvgIpc) is 3.19. The highest BCUT2D eigenvalue weighted by molar-refractivity contribution is 8.42. The molecule has 0 saturated carbocycles. The molecule has 0 spiro atoms. The van der Waals surface area contributed by atoms with Gasteiger partial charge in [-0.3, -0.25) is 0 Å². The summed E-state index contributed by atoms with van der Waals surface area (Å²) >= 11 is 0. The van der Waals surface area contributed by atoms with Gasteiger partial charge in [0, 0.05) is 20.4 Å². The predicted octanol–water partition coefficient (Wildman–Crippen LogP) is 4.70. The van der Waals surface area contributed by atoms with Gasteiger partial charge in [0.05, 0.1) is 23.0 Å². The molecule has 2 aromatic rings. The number of nitrogens with one attached hydrogen (secondary N) is 1. The summed E-state index contributed by atoms with van der Waals surface area (Å²) in [4.78, 5) is 22.7. The summed E-state index contributed by atoms with van der Waals surface area (Å²) in [7, 11) is -3.64. The minimum Gasteiger partial charge on any atom is -0.443 e. The van der Waals surface area contributed by atoms with Crippen LogP contribution in [0.5, 0.6) is 0 Å². The number of nitrogens with zero attached hydrogens (tertiary/aromatic N) is 3. The standard InChI is InChI=1S/C22H25FN4O4S2/c1-14(16-8-6-7-9-17(16)23)25-18-10-11-19(26-15(18)2)27(21(28)31-22(3,4)5)20-12-32(13-24-20)33(29)30/h6-14,25H,1-5H3/t14?,32-/m0/s1. The Balaban J connectivity index is 1.95. The molecule has 2 atom stereocenters. The van der Waals surface area contributed by atoms with E-state index in [1.807, 2.05) is 6.92 Å². The molecule has 3 rings (SSSR count). The third-order valence-electron chi connectivity index (χ3n) is 4.52. The molecule has 2 heterocycles. The molecule has 33 heavy (non-hydrogen) atoms. The molecule has 176 valence electrons. The van der Waals surface area contributed by atoms with Crippen molar-refractivity contribution >= 4 is 41.9 Å². The zero-order valence-electron chi connectivity index (χ0n) is 18.9. The minimum absolute atomic E-state index is 0.115. The molecule has 1 aliphatic heterocycles. The van der Waals surface area contributed by atoms with Crippen molar-refractivity contribution in [3.05, 3.63) is 64.7 Å². The number of rotatable bonds is 5. The van der Waals surface area contributed by atoms with Crippen LogP contribution in [0.25, 0.3) is 0 Å². The summed E-state index contributed by atoms with van der Waals surface area (Å²) in [6.07, 6.45) is -0.736. The van der Waals surface area contributed by atoms with Gasteiger partial charge in [0.25, 0.3) is 0 Å². The Hall–Kier alpha value is -3.05. The van der Waals surface area contributed by atoms with Crippen LogP contribution in [0.15, 0.2) is 52.6 Å². The monoisotopic (exact) mass is 492 g/mol. The largest absolute Gasteiger partial charge is 0.443 e. The summed E-state index contributed by atoms with van der Waals surface area (Å²) in [5.41, 5.74) is 2.20. The van der Waals surface area contributed by atoms with Gasteiger partial charge in [-0.15, -0.1) is 0 Å². The van der Waals surface area contributed by atoms with Gasteiger partial charge in [-0.2, -0.15) is 8.42 Å². The van der Waals surface area contributed by atoms with Gasteiger partial charge in [0.2, 0.25) is 9.26 Å². The second-order valence-electron chi connectivity index (χ2n) is 8.25. The number of hydrogen-bond acceptors (Lipinski definition) is 7. The molecule has 0 bridgehead atoms. The highest BCUT2D eigenvalue weighted by atomic mass is 32.9. The number of ether oxygens (including phenoxy) is 1. The molecule has 1 aliphatic rings. The van der Waals surface area contributed by atoms with Crippen LogP contribution < -0.4 is 10.2 Å². The number of aryl methyl sites for hydroxylation is 1. The first kappa shape index (κ1) is 24.6. The second-order valence-corrected chi connectivity index (χ2v) is 11.7. The molecular formula is C22H25FN4O4S2. The Morgan fingerprint density at radius 1 is 1.21 bits per heavy atom. The van der Waals surface area contributed by atoms with Crippen molar-refractivity contribution in [2.75, 3.05) is 10.2 Å². The van der Waals surface area contributed by atoms with Crippen molar-refractivity contribution in [3.63, 3.8) is 0 Å². The van der Waals surface area contributed by atoms with Crippen LogP contribution in [0.1, 0.15) is 45.0 Å². The fourth-order valence-electron chi connectivity index (χ4n) is 3.03. The molecule has 0 aliphatic carbocycles. The highest BCUT2D eigenvalue weighted by Crippen LogP contribution is 2.28. The molecule has 1 unspecified atom stereocenters. The van der Waals surface area contributed by atoms with E-state index in [9.17, 15) is 17.6 Å². The van der Waals surface area contributed by atoms with Crippen molar-refractivity contribution in [2.45, 2.75) is 46.3 Å². The summed E-state index contributed by atoms with van der Waals surface area (Å²) in [5.74, 6) is 0.0218. The lowest BCUT2D eigenvalue weighted by Gasteiger charge is -2.26. The van der Waals surface area contributed by atoms with Crippen LogP contribution in [-0.2, 0) is 23.5 Å². The first-order valence-electron chi connectivity index (χ1n) is 10.1. The molecule has 1 aromatic carbocycles. The third-order valence-corrected chi connectivity index (χ3v) is 7.08. The van der Waals surface area contributed by atoms with Gasteiger partial charge in [-0.25, -0.2) is 24.1 Å². The van der Waals surface area contributed by atoms with Crippen LogP contribution in [0.3, 0.4) is 0 Å². The molecule has 1 aromatic heterocycles. The minimum atomic E-state index is -2.39. The summed E-state index contributed by atoms with van der Waals surface area (Å²) in [6, 6.07) is 9.49. The molecule has 0 radical (unpaired) electrons. The van der Waals surface area contributed by atoms with E-state index in [2.05, 4.69) is 15.3 Å². The van der Waals surface area contributed by atoms with Crippen LogP contribution in [0, 0.1) is 12.7 Å². The Bertz CT molecular complexity index is 1280. The summed E-state index contributed by atoms with van der Waals surface area (Å²) < 4.78 is 42.3. The quantitative estimate of drug-likeness (QED) is 0.649. The van der Waals surface area contributed by atoms with Gasteiger partial charge in [0.1, 0.15) is 17.2 Å². The molecular weight excluding hydrogens is 467 g/mol. The Kier molecular flexibility index (Phi) is 7.33. The average molecular weight is 493 g/mol. The van der Waals surface area contributed by atoms with E-state index in [4.69, 9.17) is 4.74 Å². The Labute approximate surface area is 195 Å². The van der Waals surface area contributed by atoms with E-state index in [0.717, 1.165) is 4.90 Å². The number of benzene rings is 1. The van der Waals surface area contributed by atoms with Crippen LogP contribution in [0.4, 0.5) is 20.7 Å². The Morgan fingerprint density at radius 2 is 1.91 bits per heavy atom. The first-order valence-corrected chi connectivity index (χ1v) is 13.0. The SMILES string of the molecule is Cc1nc(N(C(=O)OC(C)(C)C)C2=C[S@](=S(=O)=O)C=N2)ccc1NC(C)c1ccccc1F. The van der Waals surface area contributed by atoms with Gasteiger partial charge in [0.15, 0.2) is 5.82 Å². The molecule has 0 saturated heterocycles. The van der Waals surface area contributed by atoms with Crippen molar-refractivity contribution in [2.24, 2.45) is 4.99 Å². The van der Waals surface area contributed by atoms with E-state index >= 15 is 0 Å². The van der Waals surface area contributed by atoms with E-state index in [-0.39, 0.29) is 23.5 Å². The lowest BCUT2D eigenvalue weighted by Crippen LogP contribution is -2.36. The topological polar surface area (TPSA) is 101 Å². The number of anilines is 2. The van der Waals surface area contributed by atoms with Crippen molar-refractivity contribution in [1.29, 1.82) is 0 Å². The van der Waals surface area contributed by atoms with Crippen LogP contribution in [0.2, 0.25) is 0 Å². The smallest absolute Gasteiger partial charge is 0.421 e. The van der Waals surface area contributed by atoms with Gasteiger partial charge < -0.3 is 10.1 Å². The van der Waals surface area contributed by atoms with E-state index in [1.54, 1.807) is 58.0 Å². The first-order chi connectivity index (χ1) is 15.5. The Morgan fingerprint density at radius 3 is 2.48 bits per heavy atom. The van der Waals surface area contributed by atoms with Gasteiger partial charge >= 0.3 is 6.09 Å².